The Hall–Kier alpha value is -0.340. The highest BCUT2D eigenvalue weighted by atomic mass is 15.1. The van der Waals surface area contributed by atoms with Crippen molar-refractivity contribution in [2.24, 2.45) is 11.7 Å². The van der Waals surface area contributed by atoms with Crippen molar-refractivity contribution in [3.8, 4) is 0 Å². The van der Waals surface area contributed by atoms with Crippen molar-refractivity contribution in [1.29, 1.82) is 0 Å². The molecule has 0 bridgehead atoms. The minimum Gasteiger partial charge on any atom is -0.327 e. The lowest BCUT2D eigenvalue weighted by molar-refractivity contribution is 0.317. The Bertz CT molecular complexity index is 119. The molecule has 0 aromatic carbocycles. The lowest BCUT2D eigenvalue weighted by Crippen LogP contribution is -2.27. The largest absolute Gasteiger partial charge is 0.327 e. The summed E-state index contributed by atoms with van der Waals surface area (Å²) in [6.07, 6.45) is 0. The third-order valence-corrected chi connectivity index (χ3v) is 1.46. The molecule has 0 saturated carbocycles. The van der Waals surface area contributed by atoms with Crippen molar-refractivity contribution in [3.63, 3.8) is 0 Å². The van der Waals surface area contributed by atoms with Gasteiger partial charge in [-0.05, 0) is 18.5 Å². The predicted molar refractivity (Wildman–Crippen MR) is 50.5 cm³/mol. The fraction of sp³-hybridized carbons (Fsp3) is 0.778. The average molecular weight is 156 g/mol. The maximum Gasteiger partial charge on any atom is 0.0199 e. The van der Waals surface area contributed by atoms with E-state index in [0.717, 1.165) is 18.7 Å². The van der Waals surface area contributed by atoms with Gasteiger partial charge in [-0.2, -0.15) is 0 Å². The summed E-state index contributed by atoms with van der Waals surface area (Å²) in [5.74, 6) is 0.713. The Morgan fingerprint density at radius 2 is 2.09 bits per heavy atom. The summed E-state index contributed by atoms with van der Waals surface area (Å²) in [6, 6.07) is 0. The molecule has 11 heavy (non-hydrogen) atoms. The van der Waals surface area contributed by atoms with E-state index in [1.165, 1.54) is 0 Å². The van der Waals surface area contributed by atoms with Crippen molar-refractivity contribution in [2.75, 3.05) is 26.7 Å². The maximum absolute atomic E-state index is 5.42. The first kappa shape index (κ1) is 10.7. The molecule has 0 fully saturated rings. The lowest BCUT2D eigenvalue weighted by Gasteiger charge is -2.19. The second-order valence-corrected chi connectivity index (χ2v) is 3.54. The van der Waals surface area contributed by atoms with Crippen molar-refractivity contribution in [2.45, 2.75) is 13.8 Å². The Labute approximate surface area is 70.1 Å². The highest BCUT2D eigenvalue weighted by molar-refractivity contribution is 4.98. The van der Waals surface area contributed by atoms with E-state index in [0.29, 0.717) is 12.5 Å². The van der Waals surface area contributed by atoms with E-state index < -0.39 is 0 Å². The Kier molecular flexibility index (Phi) is 5.16. The quantitative estimate of drug-likeness (QED) is 0.604. The summed E-state index contributed by atoms with van der Waals surface area (Å²) in [5, 5.41) is 0. The van der Waals surface area contributed by atoms with Gasteiger partial charge in [-0.1, -0.05) is 20.4 Å². The first-order valence-corrected chi connectivity index (χ1v) is 4.11. The highest BCUT2D eigenvalue weighted by Crippen LogP contribution is 1.98. The maximum atomic E-state index is 5.42. The summed E-state index contributed by atoms with van der Waals surface area (Å²) in [6.45, 7) is 10.9. The minimum absolute atomic E-state index is 0.600. The van der Waals surface area contributed by atoms with E-state index in [9.17, 15) is 0 Å². The van der Waals surface area contributed by atoms with E-state index >= 15 is 0 Å². The molecule has 2 nitrogen and oxygen atoms in total. The molecule has 0 radical (unpaired) electrons. The molecule has 0 aromatic heterocycles. The predicted octanol–water partition coefficient (Wildman–Crippen LogP) is 1.09. The average Bonchev–Trinajstić information content (AvgIpc) is 1.85. The molecule has 66 valence electrons. The molecule has 0 amide bonds. The van der Waals surface area contributed by atoms with Gasteiger partial charge in [0.2, 0.25) is 0 Å². The molecule has 2 N–H and O–H groups in total. The van der Waals surface area contributed by atoms with Gasteiger partial charge in [0, 0.05) is 19.6 Å². The van der Waals surface area contributed by atoms with Gasteiger partial charge in [-0.3, -0.25) is 0 Å². The van der Waals surface area contributed by atoms with Gasteiger partial charge in [0.1, 0.15) is 0 Å². The molecule has 0 aliphatic carbocycles. The number of hydrogen-bond acceptors (Lipinski definition) is 2. The van der Waals surface area contributed by atoms with Crippen LogP contribution in [0.5, 0.6) is 0 Å². The second-order valence-electron chi connectivity index (χ2n) is 3.54. The molecule has 0 aromatic rings. The molecule has 0 aliphatic heterocycles. The zero-order valence-corrected chi connectivity index (χ0v) is 7.93. The number of likely N-dealkylation sites (N-methyl/N-ethyl adjacent to an activating group) is 1. The van der Waals surface area contributed by atoms with Crippen LogP contribution in [-0.2, 0) is 0 Å². The van der Waals surface area contributed by atoms with Crippen molar-refractivity contribution in [1.82, 2.24) is 4.90 Å². The Balaban J connectivity index is 3.51. The van der Waals surface area contributed by atoms with Crippen LogP contribution >= 0.6 is 0 Å². The number of nitrogens with two attached hydrogens (primary N) is 1. The second kappa shape index (κ2) is 5.33. The molecule has 0 saturated heterocycles. The van der Waals surface area contributed by atoms with Crippen molar-refractivity contribution < 1.29 is 0 Å². The standard InChI is InChI=1S/C9H20N2/c1-8(2)6-11(4)7-9(3)5-10/h8H,3,5-7,10H2,1-2,4H3. The van der Waals surface area contributed by atoms with Gasteiger partial charge in [0.05, 0.1) is 0 Å². The molecule has 0 unspecified atom stereocenters. The Morgan fingerprint density at radius 1 is 1.55 bits per heavy atom. The first-order valence-electron chi connectivity index (χ1n) is 4.11. The number of hydrogen-bond donors (Lipinski definition) is 1. The van der Waals surface area contributed by atoms with Crippen LogP contribution in [0, 0.1) is 5.92 Å². The summed E-state index contributed by atoms with van der Waals surface area (Å²) in [4.78, 5) is 2.25. The van der Waals surface area contributed by atoms with Crippen LogP contribution in [0.15, 0.2) is 12.2 Å². The van der Waals surface area contributed by atoms with Crippen LogP contribution in [0.3, 0.4) is 0 Å². The smallest absolute Gasteiger partial charge is 0.0199 e. The third kappa shape index (κ3) is 6.07. The molecule has 0 heterocycles. The van der Waals surface area contributed by atoms with Gasteiger partial charge in [0.25, 0.3) is 0 Å². The summed E-state index contributed by atoms with van der Waals surface area (Å²) in [7, 11) is 2.10. The van der Waals surface area contributed by atoms with Crippen LogP contribution in [0.4, 0.5) is 0 Å². The molecule has 0 atom stereocenters. The zero-order chi connectivity index (χ0) is 8.85. The molecule has 0 aliphatic rings. The molecular formula is C9H20N2. The van der Waals surface area contributed by atoms with E-state index in [1.54, 1.807) is 0 Å². The van der Waals surface area contributed by atoms with Gasteiger partial charge in [-0.25, -0.2) is 0 Å². The van der Waals surface area contributed by atoms with Crippen LogP contribution in [0.1, 0.15) is 13.8 Å². The van der Waals surface area contributed by atoms with E-state index in [4.69, 9.17) is 5.73 Å². The van der Waals surface area contributed by atoms with Crippen LogP contribution in [0.2, 0.25) is 0 Å². The lowest BCUT2D eigenvalue weighted by atomic mass is 10.2. The van der Waals surface area contributed by atoms with Crippen LogP contribution in [0.25, 0.3) is 0 Å². The van der Waals surface area contributed by atoms with Crippen LogP contribution < -0.4 is 5.73 Å². The van der Waals surface area contributed by atoms with Gasteiger partial charge < -0.3 is 10.6 Å². The van der Waals surface area contributed by atoms with E-state index in [-0.39, 0.29) is 0 Å². The fourth-order valence-electron chi connectivity index (χ4n) is 1.13. The SMILES string of the molecule is C=C(CN)CN(C)CC(C)C. The van der Waals surface area contributed by atoms with E-state index in [2.05, 4.69) is 32.4 Å². The van der Waals surface area contributed by atoms with Gasteiger partial charge in [-0.15, -0.1) is 0 Å². The number of nitrogens with zero attached hydrogens (tertiary/aromatic N) is 1. The Morgan fingerprint density at radius 3 is 2.45 bits per heavy atom. The summed E-state index contributed by atoms with van der Waals surface area (Å²) in [5.41, 5.74) is 6.53. The van der Waals surface area contributed by atoms with Crippen molar-refractivity contribution in [3.05, 3.63) is 12.2 Å². The zero-order valence-electron chi connectivity index (χ0n) is 7.93. The van der Waals surface area contributed by atoms with Gasteiger partial charge >= 0.3 is 0 Å². The fourth-order valence-corrected chi connectivity index (χ4v) is 1.13. The molecule has 2 heteroatoms. The molecular weight excluding hydrogens is 136 g/mol. The van der Waals surface area contributed by atoms with Crippen LogP contribution in [-0.4, -0.2) is 31.6 Å². The minimum atomic E-state index is 0.600. The third-order valence-electron chi connectivity index (χ3n) is 1.46. The van der Waals surface area contributed by atoms with Crippen molar-refractivity contribution >= 4 is 0 Å². The molecule has 0 rings (SSSR count). The first-order chi connectivity index (χ1) is 5.06. The normalized spacial score (nSPS) is 11.1. The molecule has 0 spiro atoms. The highest BCUT2D eigenvalue weighted by Gasteiger charge is 2.01. The number of rotatable bonds is 5. The van der Waals surface area contributed by atoms with Gasteiger partial charge in [0.15, 0.2) is 0 Å². The summed E-state index contributed by atoms with van der Waals surface area (Å²) >= 11 is 0. The monoisotopic (exact) mass is 156 g/mol. The topological polar surface area (TPSA) is 29.3 Å². The van der Waals surface area contributed by atoms with E-state index in [1.807, 2.05) is 0 Å². The summed E-state index contributed by atoms with van der Waals surface area (Å²) < 4.78 is 0.